The number of hydrogen-bond acceptors (Lipinski definition) is 4. The molecule has 0 bridgehead atoms. The molecular weight excluding hydrogens is 226 g/mol. The van der Waals surface area contributed by atoms with E-state index in [1.807, 2.05) is 6.20 Å². The maximum Gasteiger partial charge on any atom is 0.133 e. The van der Waals surface area contributed by atoms with E-state index in [0.29, 0.717) is 6.04 Å². The quantitative estimate of drug-likeness (QED) is 0.863. The molecule has 3 rings (SSSR count). The molecule has 1 aromatic rings. The lowest BCUT2D eigenvalue weighted by Gasteiger charge is -2.32. The summed E-state index contributed by atoms with van der Waals surface area (Å²) in [5.74, 6) is 1.15. The number of nitrogens with zero attached hydrogens (tertiary/aromatic N) is 2. The number of anilines is 1. The SMILES string of the molecule is c1cnc(N2CCOCC2)c([C@@H]2CCCCN2)c1. The van der Waals surface area contributed by atoms with Crippen molar-refractivity contribution >= 4 is 5.82 Å². The maximum absolute atomic E-state index is 5.42. The van der Waals surface area contributed by atoms with Gasteiger partial charge in [0.1, 0.15) is 5.82 Å². The average Bonchev–Trinajstić information content (AvgIpc) is 2.49. The van der Waals surface area contributed by atoms with Crippen LogP contribution in [0.3, 0.4) is 0 Å². The predicted molar refractivity (Wildman–Crippen MR) is 71.9 cm³/mol. The Bertz CT molecular complexity index is 347. The number of nitrogens with one attached hydrogen (secondary N) is 1. The van der Waals surface area contributed by atoms with Crippen LogP contribution in [0.2, 0.25) is 0 Å². The van der Waals surface area contributed by atoms with Gasteiger partial charge in [-0.25, -0.2) is 4.98 Å². The Balaban J connectivity index is 1.83. The Kier molecular flexibility index (Phi) is 3.76. The van der Waals surface area contributed by atoms with Crippen molar-refractivity contribution in [2.45, 2.75) is 25.3 Å². The van der Waals surface area contributed by atoms with Crippen LogP contribution in [0.1, 0.15) is 30.9 Å². The number of pyridine rings is 1. The first kappa shape index (κ1) is 11.9. The molecular formula is C14H21N3O. The van der Waals surface area contributed by atoms with E-state index in [9.17, 15) is 0 Å². The first-order chi connectivity index (χ1) is 8.95. The van der Waals surface area contributed by atoms with Gasteiger partial charge in [-0.3, -0.25) is 0 Å². The van der Waals surface area contributed by atoms with Crippen LogP contribution < -0.4 is 10.2 Å². The molecule has 1 N–H and O–H groups in total. The molecule has 4 nitrogen and oxygen atoms in total. The number of rotatable bonds is 2. The van der Waals surface area contributed by atoms with Crippen LogP contribution in [-0.4, -0.2) is 37.8 Å². The van der Waals surface area contributed by atoms with Crippen molar-refractivity contribution in [2.24, 2.45) is 0 Å². The summed E-state index contributed by atoms with van der Waals surface area (Å²) in [5.41, 5.74) is 1.36. The van der Waals surface area contributed by atoms with E-state index in [4.69, 9.17) is 4.74 Å². The van der Waals surface area contributed by atoms with Crippen LogP contribution in [0.5, 0.6) is 0 Å². The van der Waals surface area contributed by atoms with Crippen LogP contribution >= 0.6 is 0 Å². The minimum absolute atomic E-state index is 0.477. The summed E-state index contributed by atoms with van der Waals surface area (Å²) in [6, 6.07) is 4.75. The number of ether oxygens (including phenoxy) is 1. The van der Waals surface area contributed by atoms with E-state index in [1.54, 1.807) is 0 Å². The summed E-state index contributed by atoms with van der Waals surface area (Å²) < 4.78 is 5.42. The molecule has 0 amide bonds. The van der Waals surface area contributed by atoms with Crippen molar-refractivity contribution in [1.82, 2.24) is 10.3 Å². The summed E-state index contributed by atoms with van der Waals surface area (Å²) in [6.45, 7) is 4.66. The molecule has 0 unspecified atom stereocenters. The highest BCUT2D eigenvalue weighted by Crippen LogP contribution is 2.29. The van der Waals surface area contributed by atoms with Crippen molar-refractivity contribution in [1.29, 1.82) is 0 Å². The number of piperidine rings is 1. The monoisotopic (exact) mass is 247 g/mol. The van der Waals surface area contributed by atoms with Gasteiger partial charge < -0.3 is 15.0 Å². The van der Waals surface area contributed by atoms with Crippen molar-refractivity contribution in [3.05, 3.63) is 23.9 Å². The van der Waals surface area contributed by atoms with Crippen molar-refractivity contribution in [2.75, 3.05) is 37.7 Å². The standard InChI is InChI=1S/C14H21N3O/c1-2-6-15-13(5-1)12-4-3-7-16-14(12)17-8-10-18-11-9-17/h3-4,7,13,15H,1-2,5-6,8-11H2/t13-/m0/s1. The van der Waals surface area contributed by atoms with Gasteiger partial charge in [-0.1, -0.05) is 12.5 Å². The van der Waals surface area contributed by atoms with Gasteiger partial charge in [-0.2, -0.15) is 0 Å². The number of aromatic nitrogens is 1. The lowest BCUT2D eigenvalue weighted by atomic mass is 9.97. The van der Waals surface area contributed by atoms with Gasteiger partial charge in [0.15, 0.2) is 0 Å². The zero-order valence-electron chi connectivity index (χ0n) is 10.8. The van der Waals surface area contributed by atoms with Crippen molar-refractivity contribution in [3.8, 4) is 0 Å². The smallest absolute Gasteiger partial charge is 0.133 e. The molecule has 0 aliphatic carbocycles. The Morgan fingerprint density at radius 2 is 2.17 bits per heavy atom. The third-order valence-electron chi connectivity index (χ3n) is 3.81. The third kappa shape index (κ3) is 2.49. The Morgan fingerprint density at radius 1 is 1.28 bits per heavy atom. The molecule has 18 heavy (non-hydrogen) atoms. The van der Waals surface area contributed by atoms with Crippen LogP contribution in [0.25, 0.3) is 0 Å². The molecule has 2 aliphatic rings. The molecule has 3 heterocycles. The second-order valence-electron chi connectivity index (χ2n) is 5.02. The molecule has 1 aromatic heterocycles. The summed E-state index contributed by atoms with van der Waals surface area (Å²) >= 11 is 0. The van der Waals surface area contributed by atoms with Gasteiger partial charge in [0.2, 0.25) is 0 Å². The van der Waals surface area contributed by atoms with E-state index in [-0.39, 0.29) is 0 Å². The van der Waals surface area contributed by atoms with Crippen LogP contribution in [-0.2, 0) is 4.74 Å². The molecule has 0 aromatic carbocycles. The molecule has 0 radical (unpaired) electrons. The predicted octanol–water partition coefficient (Wildman–Crippen LogP) is 1.73. The summed E-state index contributed by atoms with van der Waals surface area (Å²) in [6.07, 6.45) is 5.74. The van der Waals surface area contributed by atoms with Gasteiger partial charge in [0.05, 0.1) is 13.2 Å². The van der Waals surface area contributed by atoms with Crippen LogP contribution in [0.4, 0.5) is 5.82 Å². The van der Waals surface area contributed by atoms with E-state index in [2.05, 4.69) is 27.3 Å². The lowest BCUT2D eigenvalue weighted by molar-refractivity contribution is 0.122. The molecule has 0 spiro atoms. The van der Waals surface area contributed by atoms with E-state index < -0.39 is 0 Å². The number of morpholine rings is 1. The van der Waals surface area contributed by atoms with E-state index in [0.717, 1.165) is 38.7 Å². The van der Waals surface area contributed by atoms with E-state index >= 15 is 0 Å². The first-order valence-electron chi connectivity index (χ1n) is 6.96. The van der Waals surface area contributed by atoms with Gasteiger partial charge in [-0.05, 0) is 25.5 Å². The van der Waals surface area contributed by atoms with Gasteiger partial charge in [0, 0.05) is 30.9 Å². The zero-order valence-corrected chi connectivity index (χ0v) is 10.8. The van der Waals surface area contributed by atoms with Gasteiger partial charge in [-0.15, -0.1) is 0 Å². The van der Waals surface area contributed by atoms with E-state index in [1.165, 1.54) is 24.8 Å². The summed E-state index contributed by atoms with van der Waals surface area (Å²) in [5, 5.41) is 3.62. The topological polar surface area (TPSA) is 37.4 Å². The molecule has 4 heteroatoms. The highest BCUT2D eigenvalue weighted by Gasteiger charge is 2.22. The largest absolute Gasteiger partial charge is 0.378 e. The van der Waals surface area contributed by atoms with Gasteiger partial charge in [0.25, 0.3) is 0 Å². The van der Waals surface area contributed by atoms with Crippen LogP contribution in [0, 0.1) is 0 Å². The lowest BCUT2D eigenvalue weighted by Crippen LogP contribution is -2.38. The Labute approximate surface area is 108 Å². The maximum atomic E-state index is 5.42. The highest BCUT2D eigenvalue weighted by atomic mass is 16.5. The minimum Gasteiger partial charge on any atom is -0.378 e. The van der Waals surface area contributed by atoms with Crippen LogP contribution in [0.15, 0.2) is 18.3 Å². The first-order valence-corrected chi connectivity index (χ1v) is 6.96. The summed E-state index contributed by atoms with van der Waals surface area (Å²) in [7, 11) is 0. The summed E-state index contributed by atoms with van der Waals surface area (Å²) in [4.78, 5) is 6.96. The fourth-order valence-electron chi connectivity index (χ4n) is 2.84. The minimum atomic E-state index is 0.477. The Morgan fingerprint density at radius 3 is 2.94 bits per heavy atom. The van der Waals surface area contributed by atoms with Crippen molar-refractivity contribution in [3.63, 3.8) is 0 Å². The molecule has 2 saturated heterocycles. The normalized spacial score (nSPS) is 25.1. The van der Waals surface area contributed by atoms with Gasteiger partial charge >= 0.3 is 0 Å². The molecule has 98 valence electrons. The third-order valence-corrected chi connectivity index (χ3v) is 3.81. The highest BCUT2D eigenvalue weighted by molar-refractivity contribution is 5.48. The fourth-order valence-corrected chi connectivity index (χ4v) is 2.84. The average molecular weight is 247 g/mol. The second-order valence-corrected chi connectivity index (χ2v) is 5.02. The van der Waals surface area contributed by atoms with Crippen molar-refractivity contribution < 1.29 is 4.74 Å². The molecule has 0 saturated carbocycles. The zero-order chi connectivity index (χ0) is 12.2. The Hall–Kier alpha value is -1.13. The second kappa shape index (κ2) is 5.67. The molecule has 2 aliphatic heterocycles. The number of hydrogen-bond donors (Lipinski definition) is 1. The molecule has 2 fully saturated rings. The molecule has 1 atom stereocenters. The fraction of sp³-hybridized carbons (Fsp3) is 0.643.